The highest BCUT2D eigenvalue weighted by molar-refractivity contribution is 7.12. The molecular weight excluding hydrogens is 302 g/mol. The van der Waals surface area contributed by atoms with Crippen LogP contribution in [0.5, 0.6) is 0 Å². The maximum absolute atomic E-state index is 12.4. The third-order valence-corrected chi connectivity index (χ3v) is 5.74. The summed E-state index contributed by atoms with van der Waals surface area (Å²) in [7, 11) is 0. The number of fused-ring (bicyclic) bond motifs is 1. The molecule has 1 aromatic heterocycles. The summed E-state index contributed by atoms with van der Waals surface area (Å²) in [5.41, 5.74) is 0. The van der Waals surface area contributed by atoms with E-state index in [1.165, 1.54) is 16.2 Å². The Hall–Kier alpha value is -1.69. The largest absolute Gasteiger partial charge is 0.480 e. The number of aliphatic carboxylic acids is 1. The van der Waals surface area contributed by atoms with E-state index in [0.717, 1.165) is 19.3 Å². The van der Waals surface area contributed by atoms with Gasteiger partial charge in [0.1, 0.15) is 6.04 Å². The number of amides is 1. The van der Waals surface area contributed by atoms with Crippen LogP contribution in [0, 0.1) is 11.8 Å². The normalized spacial score (nSPS) is 26.9. The highest BCUT2D eigenvalue weighted by Crippen LogP contribution is 2.42. The van der Waals surface area contributed by atoms with Gasteiger partial charge in [-0.25, -0.2) is 4.79 Å². The lowest BCUT2D eigenvalue weighted by Gasteiger charge is -2.24. The minimum absolute atomic E-state index is 0.0467. The van der Waals surface area contributed by atoms with Crippen LogP contribution in [0.2, 0.25) is 0 Å². The first-order valence-electron chi connectivity index (χ1n) is 7.67. The molecule has 0 aromatic carbocycles. The van der Waals surface area contributed by atoms with E-state index in [2.05, 4.69) is 0 Å². The lowest BCUT2D eigenvalue weighted by Crippen LogP contribution is -2.43. The van der Waals surface area contributed by atoms with Crippen molar-refractivity contribution < 1.29 is 19.5 Å². The molecule has 2 fully saturated rings. The quantitative estimate of drug-likeness (QED) is 0.845. The van der Waals surface area contributed by atoms with Gasteiger partial charge >= 0.3 is 5.97 Å². The average Bonchev–Trinajstić information content (AvgIpc) is 3.18. The zero-order chi connectivity index (χ0) is 15.7. The number of carboxylic acid groups (broad SMARTS) is 1. The summed E-state index contributed by atoms with van der Waals surface area (Å²) < 4.78 is 0. The molecule has 1 amide bonds. The smallest absolute Gasteiger partial charge is 0.326 e. The van der Waals surface area contributed by atoms with E-state index in [-0.39, 0.29) is 30.4 Å². The molecule has 22 heavy (non-hydrogen) atoms. The van der Waals surface area contributed by atoms with Crippen LogP contribution in [0.15, 0.2) is 17.5 Å². The summed E-state index contributed by atoms with van der Waals surface area (Å²) in [6.07, 6.45) is 3.20. The molecule has 0 spiro atoms. The second kappa shape index (κ2) is 6.20. The van der Waals surface area contributed by atoms with E-state index < -0.39 is 12.0 Å². The van der Waals surface area contributed by atoms with Gasteiger partial charge < -0.3 is 10.0 Å². The molecule has 3 unspecified atom stereocenters. The Kier molecular flexibility index (Phi) is 4.29. The molecular formula is C16H19NO4S. The number of carbonyl (C=O) groups is 3. The van der Waals surface area contributed by atoms with E-state index >= 15 is 0 Å². The fourth-order valence-corrected chi connectivity index (χ4v) is 4.50. The van der Waals surface area contributed by atoms with Crippen molar-refractivity contribution >= 4 is 29.0 Å². The summed E-state index contributed by atoms with van der Waals surface area (Å²) in [5.74, 6) is -0.749. The first kappa shape index (κ1) is 15.2. The number of nitrogens with zero attached hydrogens (tertiary/aromatic N) is 1. The van der Waals surface area contributed by atoms with E-state index in [0.29, 0.717) is 17.3 Å². The van der Waals surface area contributed by atoms with E-state index in [9.17, 15) is 19.5 Å². The van der Waals surface area contributed by atoms with E-state index in [1.54, 1.807) is 6.07 Å². The van der Waals surface area contributed by atoms with Crippen molar-refractivity contribution in [2.24, 2.45) is 11.8 Å². The fraction of sp³-hybridized carbons (Fsp3) is 0.562. The lowest BCUT2D eigenvalue weighted by atomic mass is 9.94. The van der Waals surface area contributed by atoms with Crippen LogP contribution in [0.3, 0.4) is 0 Å². The van der Waals surface area contributed by atoms with Crippen molar-refractivity contribution in [2.45, 2.75) is 38.1 Å². The van der Waals surface area contributed by atoms with E-state index in [1.807, 2.05) is 11.4 Å². The van der Waals surface area contributed by atoms with E-state index in [4.69, 9.17) is 0 Å². The SMILES string of the molecule is O=C(CCC(=O)N1CC2CCCC2C1C(=O)O)c1cccs1. The van der Waals surface area contributed by atoms with Crippen molar-refractivity contribution in [1.29, 1.82) is 0 Å². The van der Waals surface area contributed by atoms with Gasteiger partial charge in [-0.2, -0.15) is 0 Å². The number of hydrogen-bond donors (Lipinski definition) is 1. The van der Waals surface area contributed by atoms with Gasteiger partial charge in [0.05, 0.1) is 4.88 Å². The first-order chi connectivity index (χ1) is 10.6. The molecule has 118 valence electrons. The van der Waals surface area contributed by atoms with Gasteiger partial charge in [0.2, 0.25) is 5.91 Å². The van der Waals surface area contributed by atoms with Gasteiger partial charge in [0, 0.05) is 19.4 Å². The molecule has 1 aromatic rings. The zero-order valence-electron chi connectivity index (χ0n) is 12.2. The summed E-state index contributed by atoms with van der Waals surface area (Å²) in [6, 6.07) is 2.86. The molecule has 2 heterocycles. The highest BCUT2D eigenvalue weighted by Gasteiger charge is 2.49. The Bertz CT molecular complexity index is 583. The summed E-state index contributed by atoms with van der Waals surface area (Å²) in [4.78, 5) is 38.0. The molecule has 0 radical (unpaired) electrons. The molecule has 3 rings (SSSR count). The molecule has 1 saturated heterocycles. The summed E-state index contributed by atoms with van der Waals surface area (Å²) in [5, 5.41) is 11.3. The number of hydrogen-bond acceptors (Lipinski definition) is 4. The zero-order valence-corrected chi connectivity index (χ0v) is 13.1. The third-order valence-electron chi connectivity index (χ3n) is 4.83. The number of thiophene rings is 1. The van der Waals surface area contributed by atoms with Crippen LogP contribution in [-0.2, 0) is 9.59 Å². The number of ketones is 1. The Morgan fingerprint density at radius 3 is 2.77 bits per heavy atom. The Labute approximate surface area is 132 Å². The second-order valence-corrected chi connectivity index (χ2v) is 7.03. The maximum Gasteiger partial charge on any atom is 0.326 e. The fourth-order valence-electron chi connectivity index (χ4n) is 3.80. The predicted molar refractivity (Wildman–Crippen MR) is 81.9 cm³/mol. The molecule has 3 atom stereocenters. The number of likely N-dealkylation sites (tertiary alicyclic amines) is 1. The van der Waals surface area contributed by atoms with Gasteiger partial charge in [-0.1, -0.05) is 12.5 Å². The van der Waals surface area contributed by atoms with Crippen LogP contribution in [0.4, 0.5) is 0 Å². The van der Waals surface area contributed by atoms with Gasteiger partial charge in [0.15, 0.2) is 5.78 Å². The number of Topliss-reactive ketones (excluding diaryl/α,β-unsaturated/α-hetero) is 1. The van der Waals surface area contributed by atoms with Crippen molar-refractivity contribution in [3.63, 3.8) is 0 Å². The molecule has 2 aliphatic rings. The number of carbonyl (C=O) groups excluding carboxylic acids is 2. The Balaban J connectivity index is 1.62. The van der Waals surface area contributed by atoms with Crippen molar-refractivity contribution in [2.75, 3.05) is 6.54 Å². The predicted octanol–water partition coefficient (Wildman–Crippen LogP) is 2.42. The molecule has 1 aliphatic heterocycles. The monoisotopic (exact) mass is 321 g/mol. The van der Waals surface area contributed by atoms with Gasteiger partial charge in [-0.05, 0) is 36.1 Å². The lowest BCUT2D eigenvalue weighted by molar-refractivity contribution is -0.149. The minimum Gasteiger partial charge on any atom is -0.480 e. The van der Waals surface area contributed by atoms with Crippen molar-refractivity contribution in [3.8, 4) is 0 Å². The average molecular weight is 321 g/mol. The minimum atomic E-state index is -0.910. The van der Waals surface area contributed by atoms with Crippen LogP contribution < -0.4 is 0 Å². The first-order valence-corrected chi connectivity index (χ1v) is 8.55. The van der Waals surface area contributed by atoms with Crippen LogP contribution in [-0.4, -0.2) is 40.3 Å². The van der Waals surface area contributed by atoms with Gasteiger partial charge in [-0.3, -0.25) is 9.59 Å². The standard InChI is InChI=1S/C16H19NO4S/c18-12(13-5-2-8-22-13)6-7-14(19)17-9-10-3-1-4-11(10)15(17)16(20)21/h2,5,8,10-11,15H,1,3-4,6-7,9H2,(H,20,21). The topological polar surface area (TPSA) is 74.7 Å². The second-order valence-electron chi connectivity index (χ2n) is 6.08. The molecule has 0 bridgehead atoms. The van der Waals surface area contributed by atoms with Crippen LogP contribution in [0.25, 0.3) is 0 Å². The van der Waals surface area contributed by atoms with Crippen LogP contribution >= 0.6 is 11.3 Å². The summed E-state index contributed by atoms with van der Waals surface area (Å²) >= 11 is 1.37. The molecule has 1 saturated carbocycles. The summed E-state index contributed by atoms with van der Waals surface area (Å²) in [6.45, 7) is 0.535. The van der Waals surface area contributed by atoms with Gasteiger partial charge in [-0.15, -0.1) is 11.3 Å². The molecule has 5 nitrogen and oxygen atoms in total. The molecule has 1 N–H and O–H groups in total. The van der Waals surface area contributed by atoms with Gasteiger partial charge in [0.25, 0.3) is 0 Å². The molecule has 6 heteroatoms. The Morgan fingerprint density at radius 2 is 2.09 bits per heavy atom. The molecule has 1 aliphatic carbocycles. The third kappa shape index (κ3) is 2.79. The Morgan fingerprint density at radius 1 is 1.27 bits per heavy atom. The number of rotatable bonds is 5. The van der Waals surface area contributed by atoms with Crippen molar-refractivity contribution in [1.82, 2.24) is 4.90 Å². The highest BCUT2D eigenvalue weighted by atomic mass is 32.1. The van der Waals surface area contributed by atoms with Crippen LogP contribution in [0.1, 0.15) is 41.8 Å². The number of carboxylic acids is 1. The van der Waals surface area contributed by atoms with Crippen molar-refractivity contribution in [3.05, 3.63) is 22.4 Å². The maximum atomic E-state index is 12.4.